The SMILES string of the molecule is [C-]#[N+]/C(C#N)=c1/c2c(/c(=C(\C#N)[N+]#[C-])c3c1-c1c(cccc1CS(=O)[O-])C3)-c1c(cccc1S(C)(=O)=O)C2. The van der Waals surface area contributed by atoms with Crippen LogP contribution in [0.3, 0.4) is 0 Å². The molecule has 0 saturated carbocycles. The maximum atomic E-state index is 12.8. The standard InChI is InChI=1S/C28H16N4O4S2/c1-31-20(12-29)25-19-11-16-7-5-9-22(38(3,35)36)24(16)28(19)26(21(13-30)32-2)18-10-15-6-4-8-17(14-37(33)34)23(15)27(18)25/h4-9H,10-11,14H2,3H3,(H,33,34)/p-1/b25-20-,26-21+. The Balaban J connectivity index is 2.14. The summed E-state index contributed by atoms with van der Waals surface area (Å²) in [5.41, 5.74) is 4.06. The number of fused-ring (bicyclic) bond motifs is 6. The maximum Gasteiger partial charge on any atom is 0.269 e. The van der Waals surface area contributed by atoms with Gasteiger partial charge in [0.1, 0.15) is 0 Å². The van der Waals surface area contributed by atoms with Crippen molar-refractivity contribution in [2.24, 2.45) is 0 Å². The summed E-state index contributed by atoms with van der Waals surface area (Å²) in [6.45, 7) is 15.5. The van der Waals surface area contributed by atoms with Gasteiger partial charge in [-0.05, 0) is 63.4 Å². The Labute approximate surface area is 221 Å². The lowest BCUT2D eigenvalue weighted by Gasteiger charge is -2.16. The number of hydrogen-bond acceptors (Lipinski definition) is 6. The highest BCUT2D eigenvalue weighted by Crippen LogP contribution is 2.43. The fraction of sp³-hybridized carbons (Fsp3) is 0.143. The smallest absolute Gasteiger partial charge is 0.269 e. The van der Waals surface area contributed by atoms with E-state index in [1.165, 1.54) is 6.07 Å². The van der Waals surface area contributed by atoms with Crippen LogP contribution in [0.4, 0.5) is 0 Å². The van der Waals surface area contributed by atoms with Gasteiger partial charge in [0.25, 0.3) is 11.4 Å². The predicted octanol–water partition coefficient (Wildman–Crippen LogP) is 2.71. The van der Waals surface area contributed by atoms with Crippen LogP contribution < -0.4 is 10.4 Å². The Hall–Kier alpha value is -4.58. The van der Waals surface area contributed by atoms with Crippen LogP contribution in [0.2, 0.25) is 0 Å². The summed E-state index contributed by atoms with van der Waals surface area (Å²) in [6.07, 6.45) is 1.47. The molecule has 0 radical (unpaired) electrons. The largest absolute Gasteiger partial charge is 0.772 e. The molecule has 0 heterocycles. The molecule has 5 rings (SSSR count). The molecular weight excluding hydrogens is 520 g/mol. The molecule has 1 unspecified atom stereocenters. The second kappa shape index (κ2) is 9.06. The van der Waals surface area contributed by atoms with Crippen LogP contribution in [0.25, 0.3) is 43.3 Å². The molecular formula is C28H15N4O4S2-. The van der Waals surface area contributed by atoms with E-state index in [4.69, 9.17) is 13.1 Å². The van der Waals surface area contributed by atoms with Gasteiger partial charge in [-0.1, -0.05) is 41.4 Å². The summed E-state index contributed by atoms with van der Waals surface area (Å²) in [4.78, 5) is 6.98. The minimum Gasteiger partial charge on any atom is -0.772 e. The third kappa shape index (κ3) is 3.64. The van der Waals surface area contributed by atoms with Gasteiger partial charge in [0, 0.05) is 28.0 Å². The van der Waals surface area contributed by atoms with E-state index in [2.05, 4.69) is 9.69 Å². The molecule has 0 N–H and O–H groups in total. The molecule has 184 valence electrons. The van der Waals surface area contributed by atoms with Crippen LogP contribution in [0, 0.1) is 35.8 Å². The third-order valence-corrected chi connectivity index (χ3v) is 8.56. The molecule has 2 aliphatic rings. The molecule has 8 nitrogen and oxygen atoms in total. The molecule has 2 aliphatic carbocycles. The zero-order chi connectivity index (χ0) is 27.4. The van der Waals surface area contributed by atoms with Crippen molar-refractivity contribution in [2.75, 3.05) is 6.26 Å². The van der Waals surface area contributed by atoms with Gasteiger partial charge in [-0.3, -0.25) is 4.21 Å². The van der Waals surface area contributed by atoms with Gasteiger partial charge >= 0.3 is 0 Å². The summed E-state index contributed by atoms with van der Waals surface area (Å²) >= 11 is -2.42. The van der Waals surface area contributed by atoms with Gasteiger partial charge in [-0.25, -0.2) is 28.6 Å². The van der Waals surface area contributed by atoms with Crippen LogP contribution in [0.5, 0.6) is 0 Å². The first-order valence-electron chi connectivity index (χ1n) is 11.2. The first-order chi connectivity index (χ1) is 18.2. The van der Waals surface area contributed by atoms with Crippen LogP contribution in [0.15, 0.2) is 41.3 Å². The van der Waals surface area contributed by atoms with Crippen molar-refractivity contribution in [1.29, 1.82) is 10.5 Å². The van der Waals surface area contributed by atoms with E-state index in [0.717, 1.165) is 11.8 Å². The predicted molar refractivity (Wildman–Crippen MR) is 139 cm³/mol. The van der Waals surface area contributed by atoms with Gasteiger partial charge in [0.15, 0.2) is 9.84 Å². The van der Waals surface area contributed by atoms with Crippen molar-refractivity contribution in [1.82, 2.24) is 0 Å². The minimum atomic E-state index is -3.73. The van der Waals surface area contributed by atoms with Crippen LogP contribution in [-0.2, 0) is 39.5 Å². The first-order valence-corrected chi connectivity index (χ1v) is 14.3. The molecule has 3 aromatic carbocycles. The molecule has 10 heteroatoms. The molecule has 38 heavy (non-hydrogen) atoms. The second-order valence-corrected chi connectivity index (χ2v) is 11.8. The maximum absolute atomic E-state index is 12.8. The fourth-order valence-electron chi connectivity index (χ4n) is 5.62. The van der Waals surface area contributed by atoms with Crippen molar-refractivity contribution in [3.05, 3.63) is 97.5 Å². The van der Waals surface area contributed by atoms with E-state index >= 15 is 0 Å². The van der Waals surface area contributed by atoms with E-state index in [-0.39, 0.29) is 45.3 Å². The van der Waals surface area contributed by atoms with E-state index in [1.54, 1.807) is 30.3 Å². The number of nitrogens with zero attached hydrogens (tertiary/aromatic N) is 4. The molecule has 1 atom stereocenters. The highest BCUT2D eigenvalue weighted by Gasteiger charge is 2.34. The normalized spacial score (nSPS) is 14.9. The van der Waals surface area contributed by atoms with Crippen molar-refractivity contribution in [3.8, 4) is 34.4 Å². The molecule has 0 spiro atoms. The zero-order valence-electron chi connectivity index (χ0n) is 19.8. The Bertz CT molecular complexity index is 2020. The number of rotatable bonds is 3. The Morgan fingerprint density at radius 1 is 0.921 bits per heavy atom. The molecule has 0 saturated heterocycles. The lowest BCUT2D eigenvalue weighted by atomic mass is 9.89. The number of sulfone groups is 1. The Kier molecular flexibility index (Phi) is 5.98. The van der Waals surface area contributed by atoms with Gasteiger partial charge in [0.05, 0.1) is 30.2 Å². The molecule has 0 aliphatic heterocycles. The lowest BCUT2D eigenvalue weighted by molar-refractivity contribution is 0.536. The van der Waals surface area contributed by atoms with Crippen LogP contribution in [0.1, 0.15) is 27.8 Å². The number of nitriles is 2. The monoisotopic (exact) mass is 535 g/mol. The lowest BCUT2D eigenvalue weighted by Crippen LogP contribution is -2.26. The van der Waals surface area contributed by atoms with E-state index in [0.29, 0.717) is 44.5 Å². The molecule has 0 bridgehead atoms. The second-order valence-electron chi connectivity index (χ2n) is 8.92. The summed E-state index contributed by atoms with van der Waals surface area (Å²) in [6, 6.07) is 13.9. The quantitative estimate of drug-likeness (QED) is 0.258. The van der Waals surface area contributed by atoms with Gasteiger partial charge < -0.3 is 4.55 Å². The first kappa shape index (κ1) is 25.1. The summed E-state index contributed by atoms with van der Waals surface area (Å²) in [7, 11) is -3.73. The number of benzene rings is 3. The Morgan fingerprint density at radius 2 is 1.42 bits per heavy atom. The van der Waals surface area contributed by atoms with Crippen LogP contribution in [-0.4, -0.2) is 23.4 Å². The van der Waals surface area contributed by atoms with E-state index < -0.39 is 20.9 Å². The molecule has 0 amide bonds. The highest BCUT2D eigenvalue weighted by molar-refractivity contribution is 7.90. The average Bonchev–Trinajstić information content (AvgIpc) is 3.44. The zero-order valence-corrected chi connectivity index (χ0v) is 21.5. The average molecular weight is 536 g/mol. The van der Waals surface area contributed by atoms with Crippen molar-refractivity contribution in [2.45, 2.75) is 23.5 Å². The van der Waals surface area contributed by atoms with Gasteiger partial charge in [0.2, 0.25) is 0 Å². The van der Waals surface area contributed by atoms with Crippen molar-refractivity contribution in [3.63, 3.8) is 0 Å². The summed E-state index contributed by atoms with van der Waals surface area (Å²) < 4.78 is 49.0. The third-order valence-electron chi connectivity index (χ3n) is 6.87. The molecule has 3 aromatic rings. The highest BCUT2D eigenvalue weighted by atomic mass is 32.2. The topological polar surface area (TPSA) is 131 Å². The summed E-state index contributed by atoms with van der Waals surface area (Å²) in [5.74, 6) is -0.301. The van der Waals surface area contributed by atoms with E-state index in [1.807, 2.05) is 12.1 Å². The van der Waals surface area contributed by atoms with E-state index in [9.17, 15) is 27.7 Å². The minimum absolute atomic E-state index is 0.0300. The number of hydrogen-bond donors (Lipinski definition) is 0. The Morgan fingerprint density at radius 3 is 1.89 bits per heavy atom. The van der Waals surface area contributed by atoms with Gasteiger partial charge in [-0.2, -0.15) is 0 Å². The fourth-order valence-corrected chi connectivity index (χ4v) is 7.05. The summed E-state index contributed by atoms with van der Waals surface area (Å²) in [5, 5.41) is 20.5. The van der Waals surface area contributed by atoms with Crippen LogP contribution >= 0.6 is 0 Å². The van der Waals surface area contributed by atoms with Crippen molar-refractivity contribution < 1.29 is 17.2 Å². The van der Waals surface area contributed by atoms with Crippen molar-refractivity contribution >= 4 is 32.3 Å². The molecule has 0 aromatic heterocycles. The molecule has 0 fully saturated rings. The van der Waals surface area contributed by atoms with Gasteiger partial charge in [-0.15, -0.1) is 0 Å².